The molecule has 1 aliphatic rings. The van der Waals surface area contributed by atoms with Gasteiger partial charge in [0, 0.05) is 11.1 Å². The lowest BCUT2D eigenvalue weighted by Crippen LogP contribution is -2.23. The van der Waals surface area contributed by atoms with Crippen LogP contribution in [0.4, 0.5) is 0 Å². The summed E-state index contributed by atoms with van der Waals surface area (Å²) >= 11 is 0. The number of hydrogen-bond acceptors (Lipinski definition) is 7. The second-order valence-corrected chi connectivity index (χ2v) is 7.57. The van der Waals surface area contributed by atoms with Crippen LogP contribution < -0.4 is 24.6 Å². The molecule has 4 rings (SSSR count). The molecule has 0 N–H and O–H groups in total. The van der Waals surface area contributed by atoms with Crippen LogP contribution in [0.1, 0.15) is 45.1 Å². The first-order valence-electron chi connectivity index (χ1n) is 9.88. The van der Waals surface area contributed by atoms with Gasteiger partial charge in [0.1, 0.15) is 17.4 Å². The molecule has 1 aromatic heterocycles. The van der Waals surface area contributed by atoms with Gasteiger partial charge in [0.05, 0.1) is 38.7 Å². The Morgan fingerprint density at radius 2 is 1.65 bits per heavy atom. The molecule has 7 nitrogen and oxygen atoms in total. The van der Waals surface area contributed by atoms with Gasteiger partial charge in [0.2, 0.25) is 5.75 Å². The van der Waals surface area contributed by atoms with Crippen molar-refractivity contribution >= 4 is 16.8 Å². The van der Waals surface area contributed by atoms with Gasteiger partial charge in [-0.25, -0.2) is 4.79 Å². The number of benzene rings is 2. The molecule has 3 aromatic rings. The lowest BCUT2D eigenvalue weighted by Gasteiger charge is -2.29. The number of aryl methyl sites for hydroxylation is 2. The van der Waals surface area contributed by atoms with E-state index in [4.69, 9.17) is 23.4 Å². The van der Waals surface area contributed by atoms with Crippen molar-refractivity contribution in [2.75, 3.05) is 21.3 Å². The maximum atomic E-state index is 13.2. The van der Waals surface area contributed by atoms with Crippen LogP contribution >= 0.6 is 0 Å². The second-order valence-electron chi connectivity index (χ2n) is 7.57. The molecule has 2 heterocycles. The van der Waals surface area contributed by atoms with Gasteiger partial charge in [0.15, 0.2) is 17.3 Å². The molecule has 0 aliphatic carbocycles. The first-order valence-corrected chi connectivity index (χ1v) is 9.88. The third-order valence-electron chi connectivity index (χ3n) is 5.88. The summed E-state index contributed by atoms with van der Waals surface area (Å²) in [5.74, 6) is 1.76. The molecule has 0 fully saturated rings. The first-order chi connectivity index (χ1) is 14.8. The normalized spacial score (nSPS) is 15.4. The van der Waals surface area contributed by atoms with E-state index in [1.807, 2.05) is 13.8 Å². The van der Waals surface area contributed by atoms with E-state index < -0.39 is 11.7 Å². The Hall–Kier alpha value is -3.48. The Morgan fingerprint density at radius 3 is 2.29 bits per heavy atom. The Labute approximate surface area is 179 Å². The van der Waals surface area contributed by atoms with E-state index in [9.17, 15) is 9.59 Å². The molecule has 0 radical (unpaired) electrons. The minimum atomic E-state index is -0.605. The highest BCUT2D eigenvalue weighted by Gasteiger charge is 2.34. The average Bonchev–Trinajstić information content (AvgIpc) is 2.75. The van der Waals surface area contributed by atoms with Crippen molar-refractivity contribution in [2.24, 2.45) is 0 Å². The standard InChI is InChI=1S/C24H24O7/c1-11-9-18-20(12(2)13(3)24(26)31-18)23-19(11)15(25)10-17(30-23)14-7-8-16(27-4)22(29-6)21(14)28-5/h7-9,17H,10H2,1-6H3. The molecular formula is C24H24O7. The van der Waals surface area contributed by atoms with E-state index in [1.165, 1.54) is 14.2 Å². The zero-order valence-electron chi connectivity index (χ0n) is 18.4. The quantitative estimate of drug-likeness (QED) is 0.572. The van der Waals surface area contributed by atoms with E-state index in [0.717, 1.165) is 5.56 Å². The predicted molar refractivity (Wildman–Crippen MR) is 115 cm³/mol. The lowest BCUT2D eigenvalue weighted by molar-refractivity contribution is 0.0848. The van der Waals surface area contributed by atoms with Crippen LogP contribution in [-0.4, -0.2) is 27.1 Å². The highest BCUT2D eigenvalue weighted by atomic mass is 16.5. The number of hydrogen-bond donors (Lipinski definition) is 0. The van der Waals surface area contributed by atoms with Gasteiger partial charge in [-0.15, -0.1) is 0 Å². The van der Waals surface area contributed by atoms with Crippen molar-refractivity contribution in [3.63, 3.8) is 0 Å². The van der Waals surface area contributed by atoms with Crippen LogP contribution in [0.3, 0.4) is 0 Å². The molecule has 1 atom stereocenters. The lowest BCUT2D eigenvalue weighted by atomic mass is 9.90. The molecule has 0 bridgehead atoms. The second kappa shape index (κ2) is 7.65. The number of rotatable bonds is 4. The van der Waals surface area contributed by atoms with Gasteiger partial charge in [-0.3, -0.25) is 4.79 Å². The summed E-state index contributed by atoms with van der Waals surface area (Å²) in [6.45, 7) is 5.34. The molecule has 162 valence electrons. The number of methoxy groups -OCH3 is 3. The topological polar surface area (TPSA) is 84.2 Å². The van der Waals surface area contributed by atoms with Crippen molar-refractivity contribution < 1.29 is 28.2 Å². The fraction of sp³-hybridized carbons (Fsp3) is 0.333. The van der Waals surface area contributed by atoms with Crippen LogP contribution in [0.15, 0.2) is 27.4 Å². The summed E-state index contributed by atoms with van der Waals surface area (Å²) in [7, 11) is 4.60. The molecule has 7 heteroatoms. The highest BCUT2D eigenvalue weighted by molar-refractivity contribution is 6.07. The van der Waals surface area contributed by atoms with Crippen LogP contribution in [0, 0.1) is 20.8 Å². The first kappa shape index (κ1) is 20.8. The van der Waals surface area contributed by atoms with Crippen molar-refractivity contribution in [3.8, 4) is 23.0 Å². The van der Waals surface area contributed by atoms with E-state index in [0.29, 0.717) is 56.2 Å². The zero-order chi connectivity index (χ0) is 22.4. The van der Waals surface area contributed by atoms with Crippen LogP contribution in [0.2, 0.25) is 0 Å². The summed E-state index contributed by atoms with van der Waals surface area (Å²) in [4.78, 5) is 25.4. The van der Waals surface area contributed by atoms with Gasteiger partial charge in [-0.05, 0) is 50.1 Å². The highest BCUT2D eigenvalue weighted by Crippen LogP contribution is 2.48. The predicted octanol–water partition coefficient (Wildman–Crippen LogP) is 4.45. The molecule has 1 aliphatic heterocycles. The monoisotopic (exact) mass is 424 g/mol. The largest absolute Gasteiger partial charge is 0.493 e. The summed E-state index contributed by atoms with van der Waals surface area (Å²) in [6.07, 6.45) is -0.466. The molecule has 0 amide bonds. The zero-order valence-corrected chi connectivity index (χ0v) is 18.4. The summed E-state index contributed by atoms with van der Waals surface area (Å²) in [5, 5.41) is 0.634. The Bertz CT molecular complexity index is 1270. The Morgan fingerprint density at radius 1 is 0.935 bits per heavy atom. The molecule has 31 heavy (non-hydrogen) atoms. The van der Waals surface area contributed by atoms with Gasteiger partial charge in [-0.2, -0.15) is 0 Å². The maximum absolute atomic E-state index is 13.2. The Balaban J connectivity index is 1.95. The summed E-state index contributed by atoms with van der Waals surface area (Å²) < 4.78 is 28.4. The molecule has 0 spiro atoms. The van der Waals surface area contributed by atoms with Crippen molar-refractivity contribution in [1.82, 2.24) is 0 Å². The third kappa shape index (κ3) is 3.12. The van der Waals surface area contributed by atoms with Crippen LogP contribution in [-0.2, 0) is 0 Å². The number of ether oxygens (including phenoxy) is 4. The molecular weight excluding hydrogens is 400 g/mol. The smallest absolute Gasteiger partial charge is 0.339 e. The van der Waals surface area contributed by atoms with Crippen molar-refractivity contribution in [2.45, 2.75) is 33.3 Å². The van der Waals surface area contributed by atoms with Crippen LogP contribution in [0.5, 0.6) is 23.0 Å². The van der Waals surface area contributed by atoms with Gasteiger partial charge in [-0.1, -0.05) is 0 Å². The number of ketones is 1. The van der Waals surface area contributed by atoms with E-state index in [-0.39, 0.29) is 12.2 Å². The van der Waals surface area contributed by atoms with E-state index in [2.05, 4.69) is 0 Å². The fourth-order valence-electron chi connectivity index (χ4n) is 4.18. The number of Topliss-reactive ketones (excluding diaryl/α,β-unsaturated/α-hetero) is 1. The minimum Gasteiger partial charge on any atom is -0.493 e. The SMILES string of the molecule is COc1ccc(C2CC(=O)c3c(C)cc4oc(=O)c(C)c(C)c4c3O2)c(OC)c1OC. The molecule has 0 saturated heterocycles. The van der Waals surface area contributed by atoms with Gasteiger partial charge >= 0.3 is 5.63 Å². The average molecular weight is 424 g/mol. The van der Waals surface area contributed by atoms with Crippen molar-refractivity contribution in [1.29, 1.82) is 0 Å². The number of carbonyl (C=O) groups is 1. The minimum absolute atomic E-state index is 0.0502. The number of carbonyl (C=O) groups excluding carboxylic acids is 1. The molecule has 0 saturated carbocycles. The Kier molecular flexibility index (Phi) is 5.13. The van der Waals surface area contributed by atoms with Crippen LogP contribution in [0.25, 0.3) is 11.0 Å². The molecule has 2 aromatic carbocycles. The van der Waals surface area contributed by atoms with E-state index >= 15 is 0 Å². The third-order valence-corrected chi connectivity index (χ3v) is 5.88. The summed E-state index contributed by atoms with van der Waals surface area (Å²) in [5.41, 5.74) is 3.11. The van der Waals surface area contributed by atoms with Gasteiger partial charge < -0.3 is 23.4 Å². The number of fused-ring (bicyclic) bond motifs is 3. The fourth-order valence-corrected chi connectivity index (χ4v) is 4.18. The summed E-state index contributed by atoms with van der Waals surface area (Å²) in [6, 6.07) is 5.28. The maximum Gasteiger partial charge on any atom is 0.339 e. The molecule has 1 unspecified atom stereocenters. The van der Waals surface area contributed by atoms with Gasteiger partial charge in [0.25, 0.3) is 0 Å². The van der Waals surface area contributed by atoms with E-state index in [1.54, 1.807) is 32.2 Å². The van der Waals surface area contributed by atoms with Crippen molar-refractivity contribution in [3.05, 3.63) is 56.4 Å².